The first-order valence-corrected chi connectivity index (χ1v) is 11.7. The van der Waals surface area contributed by atoms with E-state index in [4.69, 9.17) is 9.72 Å². The van der Waals surface area contributed by atoms with Crippen molar-refractivity contribution in [2.24, 2.45) is 5.92 Å². The number of pyridine rings is 1. The number of amides is 1. The predicted molar refractivity (Wildman–Crippen MR) is 125 cm³/mol. The number of hydrogen-bond acceptors (Lipinski definition) is 5. The van der Waals surface area contributed by atoms with Crippen molar-refractivity contribution in [2.45, 2.75) is 51.0 Å². The number of nitrogens with one attached hydrogen (secondary N) is 2. The highest BCUT2D eigenvalue weighted by Gasteiger charge is 2.30. The molecule has 0 unspecified atom stereocenters. The van der Waals surface area contributed by atoms with Gasteiger partial charge in [-0.2, -0.15) is 5.10 Å². The van der Waals surface area contributed by atoms with Gasteiger partial charge in [0.15, 0.2) is 11.5 Å². The number of H-pyrrole nitrogens is 1. The Morgan fingerprint density at radius 1 is 1.19 bits per heavy atom. The first kappa shape index (κ1) is 20.8. The van der Waals surface area contributed by atoms with E-state index in [0.29, 0.717) is 24.3 Å². The molecule has 1 aliphatic carbocycles. The molecule has 3 heterocycles. The van der Waals surface area contributed by atoms with Crippen LogP contribution in [0.15, 0.2) is 36.4 Å². The molecule has 2 aromatic heterocycles. The van der Waals surface area contributed by atoms with Crippen LogP contribution in [0.5, 0.6) is 5.75 Å². The summed E-state index contributed by atoms with van der Waals surface area (Å²) in [4.78, 5) is 19.6. The largest absolute Gasteiger partial charge is 0.496 e. The SMILES string of the molecule is COc1ccccc1CNc1n[nH]c2nc([C@@H]3CCN(C(=O)CC4CCCC4)C3)ccc12. The number of ether oxygens (including phenoxy) is 1. The van der Waals surface area contributed by atoms with Gasteiger partial charge >= 0.3 is 0 Å². The maximum atomic E-state index is 12.7. The topological polar surface area (TPSA) is 83.1 Å². The lowest BCUT2D eigenvalue weighted by Gasteiger charge is -2.18. The maximum absolute atomic E-state index is 12.7. The summed E-state index contributed by atoms with van der Waals surface area (Å²) >= 11 is 0. The van der Waals surface area contributed by atoms with Gasteiger partial charge in [0, 0.05) is 43.2 Å². The smallest absolute Gasteiger partial charge is 0.222 e. The van der Waals surface area contributed by atoms with Crippen molar-refractivity contribution in [1.82, 2.24) is 20.1 Å². The normalized spacial score (nSPS) is 19.0. The molecule has 0 radical (unpaired) electrons. The number of nitrogens with zero attached hydrogens (tertiary/aromatic N) is 3. The van der Waals surface area contributed by atoms with Crippen LogP contribution in [0.2, 0.25) is 0 Å². The highest BCUT2D eigenvalue weighted by atomic mass is 16.5. The van der Waals surface area contributed by atoms with Crippen molar-refractivity contribution in [3.63, 3.8) is 0 Å². The fourth-order valence-electron chi connectivity index (χ4n) is 5.13. The lowest BCUT2D eigenvalue weighted by atomic mass is 10.0. The second-order valence-electron chi connectivity index (χ2n) is 9.05. The van der Waals surface area contributed by atoms with Crippen LogP contribution >= 0.6 is 0 Å². The Morgan fingerprint density at radius 2 is 2.03 bits per heavy atom. The number of carbonyl (C=O) groups excluding carboxylic acids is 1. The van der Waals surface area contributed by atoms with Gasteiger partial charge in [-0.3, -0.25) is 9.89 Å². The van der Waals surface area contributed by atoms with Crippen molar-refractivity contribution in [1.29, 1.82) is 0 Å². The lowest BCUT2D eigenvalue weighted by Crippen LogP contribution is -2.29. The summed E-state index contributed by atoms with van der Waals surface area (Å²) in [5, 5.41) is 11.9. The van der Waals surface area contributed by atoms with Crippen molar-refractivity contribution < 1.29 is 9.53 Å². The number of methoxy groups -OCH3 is 1. The molecule has 0 bridgehead atoms. The second-order valence-corrected chi connectivity index (χ2v) is 9.05. The first-order valence-electron chi connectivity index (χ1n) is 11.7. The number of rotatable bonds is 7. The Bertz CT molecular complexity index is 1090. The van der Waals surface area contributed by atoms with Gasteiger partial charge in [0.2, 0.25) is 5.91 Å². The first-order chi connectivity index (χ1) is 15.7. The van der Waals surface area contributed by atoms with Crippen molar-refractivity contribution in [2.75, 3.05) is 25.5 Å². The minimum absolute atomic E-state index is 0.292. The number of aromatic amines is 1. The van der Waals surface area contributed by atoms with Gasteiger partial charge < -0.3 is 15.0 Å². The molecule has 1 aliphatic heterocycles. The van der Waals surface area contributed by atoms with Crippen LogP contribution in [0, 0.1) is 5.92 Å². The predicted octanol–water partition coefficient (Wildman–Crippen LogP) is 4.47. The summed E-state index contributed by atoms with van der Waals surface area (Å²) in [6, 6.07) is 12.1. The van der Waals surface area contributed by atoms with E-state index in [0.717, 1.165) is 59.8 Å². The molecule has 5 rings (SSSR count). The zero-order chi connectivity index (χ0) is 21.9. The Hall–Kier alpha value is -3.09. The van der Waals surface area contributed by atoms with Crippen molar-refractivity contribution in [3.05, 3.63) is 47.7 Å². The van der Waals surface area contributed by atoms with Crippen LogP contribution in [-0.2, 0) is 11.3 Å². The molecule has 32 heavy (non-hydrogen) atoms. The van der Waals surface area contributed by atoms with Crippen LogP contribution in [-0.4, -0.2) is 46.2 Å². The van der Waals surface area contributed by atoms with Crippen LogP contribution in [0.4, 0.5) is 5.82 Å². The average Bonchev–Trinajstić information content (AvgIpc) is 3.58. The zero-order valence-corrected chi connectivity index (χ0v) is 18.6. The molecule has 1 atom stereocenters. The van der Waals surface area contributed by atoms with Gasteiger partial charge in [-0.25, -0.2) is 4.98 Å². The molecule has 1 saturated heterocycles. The molecule has 2 aliphatic rings. The summed E-state index contributed by atoms with van der Waals surface area (Å²) < 4.78 is 5.43. The standard InChI is InChI=1S/C25H31N5O2/c1-32-22-9-5-4-8-18(22)15-26-24-20-10-11-21(27-25(20)29-28-24)19-12-13-30(16-19)23(31)14-17-6-2-3-7-17/h4-5,8-11,17,19H,2-3,6-7,12-16H2,1H3,(H2,26,27,28,29)/t19-/m1/s1. The number of hydrogen-bond donors (Lipinski definition) is 2. The Balaban J connectivity index is 1.23. The van der Waals surface area contributed by atoms with E-state index in [1.807, 2.05) is 29.2 Å². The van der Waals surface area contributed by atoms with Crippen LogP contribution in [0.25, 0.3) is 11.0 Å². The quantitative estimate of drug-likeness (QED) is 0.574. The Morgan fingerprint density at radius 3 is 2.88 bits per heavy atom. The lowest BCUT2D eigenvalue weighted by molar-refractivity contribution is -0.131. The number of benzene rings is 1. The molecule has 2 N–H and O–H groups in total. The van der Waals surface area contributed by atoms with E-state index in [9.17, 15) is 4.79 Å². The summed E-state index contributed by atoms with van der Waals surface area (Å²) in [5.74, 6) is 2.85. The Kier molecular flexibility index (Phi) is 5.97. The van der Waals surface area contributed by atoms with Gasteiger partial charge in [-0.1, -0.05) is 31.0 Å². The van der Waals surface area contributed by atoms with E-state index in [1.54, 1.807) is 7.11 Å². The van der Waals surface area contributed by atoms with Gasteiger partial charge in [0.1, 0.15) is 5.75 Å². The molecule has 7 nitrogen and oxygen atoms in total. The number of carbonyl (C=O) groups is 1. The third-order valence-corrected chi connectivity index (χ3v) is 6.98. The van der Waals surface area contributed by atoms with Crippen LogP contribution in [0.1, 0.15) is 55.7 Å². The number of likely N-dealkylation sites (tertiary alicyclic amines) is 1. The third-order valence-electron chi connectivity index (χ3n) is 6.98. The molecule has 2 fully saturated rings. The molecular weight excluding hydrogens is 402 g/mol. The van der Waals surface area contributed by atoms with E-state index in [1.165, 1.54) is 25.7 Å². The number of fused-ring (bicyclic) bond motifs is 1. The molecule has 0 spiro atoms. The molecule has 3 aromatic rings. The average molecular weight is 434 g/mol. The maximum Gasteiger partial charge on any atom is 0.222 e. The minimum Gasteiger partial charge on any atom is -0.496 e. The third kappa shape index (κ3) is 4.29. The van der Waals surface area contributed by atoms with E-state index >= 15 is 0 Å². The fourth-order valence-corrected chi connectivity index (χ4v) is 5.13. The zero-order valence-electron chi connectivity index (χ0n) is 18.6. The summed E-state index contributed by atoms with van der Waals surface area (Å²) in [5.41, 5.74) is 2.89. The van der Waals surface area contributed by atoms with Crippen molar-refractivity contribution >= 4 is 22.8 Å². The van der Waals surface area contributed by atoms with Crippen LogP contribution < -0.4 is 10.1 Å². The number of anilines is 1. The second kappa shape index (κ2) is 9.18. The number of aromatic nitrogens is 3. The number of para-hydroxylation sites is 1. The van der Waals surface area contributed by atoms with Gasteiger partial charge in [-0.15, -0.1) is 0 Å². The molecule has 7 heteroatoms. The van der Waals surface area contributed by atoms with Gasteiger partial charge in [-0.05, 0) is 43.4 Å². The molecule has 168 valence electrons. The molecule has 1 aromatic carbocycles. The van der Waals surface area contributed by atoms with Gasteiger partial charge in [0.05, 0.1) is 12.5 Å². The van der Waals surface area contributed by atoms with Crippen molar-refractivity contribution in [3.8, 4) is 5.75 Å². The molecule has 1 amide bonds. The summed E-state index contributed by atoms with van der Waals surface area (Å²) in [6.45, 7) is 2.23. The summed E-state index contributed by atoms with van der Waals surface area (Å²) in [6.07, 6.45) is 6.70. The highest BCUT2D eigenvalue weighted by molar-refractivity contribution is 5.87. The summed E-state index contributed by atoms with van der Waals surface area (Å²) in [7, 11) is 1.68. The van der Waals surface area contributed by atoms with Crippen LogP contribution in [0.3, 0.4) is 0 Å². The Labute approximate surface area is 188 Å². The highest BCUT2D eigenvalue weighted by Crippen LogP contribution is 2.32. The van der Waals surface area contributed by atoms with Gasteiger partial charge in [0.25, 0.3) is 0 Å². The van der Waals surface area contributed by atoms with E-state index in [-0.39, 0.29) is 0 Å². The fraction of sp³-hybridized carbons (Fsp3) is 0.480. The monoisotopic (exact) mass is 433 g/mol. The minimum atomic E-state index is 0.292. The van der Waals surface area contributed by atoms with E-state index in [2.05, 4.69) is 27.6 Å². The molecular formula is C25H31N5O2. The molecule has 1 saturated carbocycles. The van der Waals surface area contributed by atoms with E-state index < -0.39 is 0 Å².